The topological polar surface area (TPSA) is 49.4 Å². The van der Waals surface area contributed by atoms with Crippen LogP contribution in [0.15, 0.2) is 48.5 Å². The van der Waals surface area contributed by atoms with Gasteiger partial charge in [0.25, 0.3) is 5.91 Å². The van der Waals surface area contributed by atoms with Crippen molar-refractivity contribution >= 4 is 23.6 Å². The van der Waals surface area contributed by atoms with Crippen LogP contribution in [0, 0.1) is 13.8 Å². The van der Waals surface area contributed by atoms with Gasteiger partial charge < -0.3 is 10.2 Å². The smallest absolute Gasteiger partial charge is 0.253 e. The van der Waals surface area contributed by atoms with Gasteiger partial charge in [-0.15, -0.1) is 11.8 Å². The van der Waals surface area contributed by atoms with Crippen molar-refractivity contribution in [3.8, 4) is 0 Å². The fourth-order valence-electron chi connectivity index (χ4n) is 3.40. The molecule has 0 spiro atoms. The van der Waals surface area contributed by atoms with Crippen molar-refractivity contribution < 1.29 is 9.59 Å². The van der Waals surface area contributed by atoms with Crippen molar-refractivity contribution in [3.05, 3.63) is 70.8 Å². The average Bonchev–Trinajstić information content (AvgIpc) is 2.70. The highest BCUT2D eigenvalue weighted by Crippen LogP contribution is 2.17. The second-order valence-electron chi connectivity index (χ2n) is 7.42. The third kappa shape index (κ3) is 5.61. The van der Waals surface area contributed by atoms with Gasteiger partial charge in [-0.3, -0.25) is 9.59 Å². The van der Waals surface area contributed by atoms with Gasteiger partial charge in [0.15, 0.2) is 0 Å². The number of amides is 2. The number of nitrogens with zero attached hydrogens (tertiary/aromatic N) is 1. The maximum atomic E-state index is 12.6. The maximum Gasteiger partial charge on any atom is 0.253 e. The summed E-state index contributed by atoms with van der Waals surface area (Å²) >= 11 is 1.64. The SMILES string of the molecule is Cc1ccc(C(=O)N2CCC(NC(=O)CSCc3ccccc3C)CC2)cc1. The predicted molar refractivity (Wildman–Crippen MR) is 116 cm³/mol. The highest BCUT2D eigenvalue weighted by molar-refractivity contribution is 7.99. The summed E-state index contributed by atoms with van der Waals surface area (Å²) in [5, 5.41) is 3.13. The van der Waals surface area contributed by atoms with E-state index in [2.05, 4.69) is 24.4 Å². The summed E-state index contributed by atoms with van der Waals surface area (Å²) in [6.07, 6.45) is 1.62. The molecule has 148 valence electrons. The number of rotatable bonds is 6. The Kier molecular flexibility index (Phi) is 7.15. The number of nitrogens with one attached hydrogen (secondary N) is 1. The van der Waals surface area contributed by atoms with E-state index in [1.54, 1.807) is 11.8 Å². The highest BCUT2D eigenvalue weighted by Gasteiger charge is 2.24. The normalized spacial score (nSPS) is 14.7. The molecule has 1 saturated heterocycles. The summed E-state index contributed by atoms with van der Waals surface area (Å²) in [6, 6.07) is 16.1. The Balaban J connectivity index is 1.39. The molecular formula is C23H28N2O2S. The van der Waals surface area contributed by atoms with Crippen LogP contribution in [-0.2, 0) is 10.5 Å². The lowest BCUT2D eigenvalue weighted by atomic mass is 10.0. The zero-order chi connectivity index (χ0) is 19.9. The summed E-state index contributed by atoms with van der Waals surface area (Å²) in [7, 11) is 0. The third-order valence-corrected chi connectivity index (χ3v) is 6.18. The van der Waals surface area contributed by atoms with Crippen molar-refractivity contribution in [2.24, 2.45) is 0 Å². The Morgan fingerprint density at radius 1 is 1.04 bits per heavy atom. The fourth-order valence-corrected chi connectivity index (χ4v) is 4.32. The largest absolute Gasteiger partial charge is 0.353 e. The van der Waals surface area contributed by atoms with Gasteiger partial charge >= 0.3 is 0 Å². The summed E-state index contributed by atoms with van der Waals surface area (Å²) in [5.41, 5.74) is 4.43. The van der Waals surface area contributed by atoms with Crippen LogP contribution in [0.1, 0.15) is 39.9 Å². The molecule has 0 aromatic heterocycles. The van der Waals surface area contributed by atoms with Crippen molar-refractivity contribution in [3.63, 3.8) is 0 Å². The molecule has 28 heavy (non-hydrogen) atoms. The summed E-state index contributed by atoms with van der Waals surface area (Å²) in [5.74, 6) is 1.49. The standard InChI is InChI=1S/C23H28N2O2S/c1-17-7-9-19(10-8-17)23(27)25-13-11-21(12-14-25)24-22(26)16-28-15-20-6-4-3-5-18(20)2/h3-10,21H,11-16H2,1-2H3,(H,24,26). The summed E-state index contributed by atoms with van der Waals surface area (Å²) < 4.78 is 0. The molecule has 0 unspecified atom stereocenters. The number of carbonyl (C=O) groups excluding carboxylic acids is 2. The van der Waals surface area contributed by atoms with E-state index in [0.29, 0.717) is 18.8 Å². The van der Waals surface area contributed by atoms with E-state index in [4.69, 9.17) is 0 Å². The minimum atomic E-state index is 0.0820. The number of hydrogen-bond acceptors (Lipinski definition) is 3. The quantitative estimate of drug-likeness (QED) is 0.804. The monoisotopic (exact) mass is 396 g/mol. The molecule has 1 fully saturated rings. The van der Waals surface area contributed by atoms with Gasteiger partial charge in [-0.2, -0.15) is 0 Å². The fraction of sp³-hybridized carbons (Fsp3) is 0.391. The van der Waals surface area contributed by atoms with Gasteiger partial charge in [-0.05, 0) is 49.9 Å². The van der Waals surface area contributed by atoms with Crippen molar-refractivity contribution in [2.45, 2.75) is 38.5 Å². The molecule has 0 saturated carbocycles. The van der Waals surface area contributed by atoms with E-state index in [1.165, 1.54) is 11.1 Å². The number of aryl methyl sites for hydroxylation is 2. The zero-order valence-electron chi connectivity index (χ0n) is 16.6. The molecule has 2 aromatic carbocycles. The second kappa shape index (κ2) is 9.78. The molecule has 1 heterocycles. The van der Waals surface area contributed by atoms with Crippen LogP contribution >= 0.6 is 11.8 Å². The number of carbonyl (C=O) groups is 2. The minimum absolute atomic E-state index is 0.0820. The van der Waals surface area contributed by atoms with Gasteiger partial charge in [-0.25, -0.2) is 0 Å². The molecular weight excluding hydrogens is 368 g/mol. The first-order valence-electron chi connectivity index (χ1n) is 9.80. The van der Waals surface area contributed by atoms with Crippen molar-refractivity contribution in [2.75, 3.05) is 18.8 Å². The molecule has 0 radical (unpaired) electrons. The summed E-state index contributed by atoms with van der Waals surface area (Å²) in [4.78, 5) is 26.7. The van der Waals surface area contributed by atoms with E-state index >= 15 is 0 Å². The van der Waals surface area contributed by atoms with E-state index < -0.39 is 0 Å². The van der Waals surface area contributed by atoms with Crippen molar-refractivity contribution in [1.82, 2.24) is 10.2 Å². The lowest BCUT2D eigenvalue weighted by Crippen LogP contribution is -2.47. The number of hydrogen-bond donors (Lipinski definition) is 1. The molecule has 0 aliphatic carbocycles. The van der Waals surface area contributed by atoms with E-state index in [1.807, 2.05) is 48.2 Å². The van der Waals surface area contributed by atoms with Crippen LogP contribution < -0.4 is 5.32 Å². The second-order valence-corrected chi connectivity index (χ2v) is 8.40. The van der Waals surface area contributed by atoms with Gasteiger partial charge in [0, 0.05) is 30.4 Å². The molecule has 1 aliphatic heterocycles. The molecule has 2 amide bonds. The van der Waals surface area contributed by atoms with Crippen LogP contribution in [-0.4, -0.2) is 41.6 Å². The minimum Gasteiger partial charge on any atom is -0.353 e. The molecule has 0 atom stereocenters. The first kappa shape index (κ1) is 20.5. The first-order chi connectivity index (χ1) is 13.5. The van der Waals surface area contributed by atoms with Gasteiger partial charge in [0.2, 0.25) is 5.91 Å². The lowest BCUT2D eigenvalue weighted by molar-refractivity contribution is -0.119. The maximum absolute atomic E-state index is 12.6. The van der Waals surface area contributed by atoms with E-state index in [9.17, 15) is 9.59 Å². The molecule has 3 rings (SSSR count). The average molecular weight is 397 g/mol. The van der Waals surface area contributed by atoms with Crippen LogP contribution in [0.2, 0.25) is 0 Å². The lowest BCUT2D eigenvalue weighted by Gasteiger charge is -2.32. The van der Waals surface area contributed by atoms with Gasteiger partial charge in [0.05, 0.1) is 5.75 Å². The van der Waals surface area contributed by atoms with Crippen LogP contribution in [0.5, 0.6) is 0 Å². The Labute approximate surface area is 171 Å². The zero-order valence-corrected chi connectivity index (χ0v) is 17.4. The number of likely N-dealkylation sites (tertiary alicyclic amines) is 1. The predicted octanol–water partition coefficient (Wildman–Crippen LogP) is 3.96. The Hall–Kier alpha value is -2.27. The molecule has 5 heteroatoms. The number of piperidine rings is 1. The van der Waals surface area contributed by atoms with Gasteiger partial charge in [0.1, 0.15) is 0 Å². The van der Waals surface area contributed by atoms with E-state index in [-0.39, 0.29) is 17.9 Å². The van der Waals surface area contributed by atoms with Crippen LogP contribution in [0.25, 0.3) is 0 Å². The molecule has 4 nitrogen and oxygen atoms in total. The Bertz CT molecular complexity index is 812. The summed E-state index contributed by atoms with van der Waals surface area (Å²) in [6.45, 7) is 5.49. The van der Waals surface area contributed by atoms with Crippen molar-refractivity contribution in [1.29, 1.82) is 0 Å². The molecule has 2 aromatic rings. The van der Waals surface area contributed by atoms with Crippen LogP contribution in [0.4, 0.5) is 0 Å². The molecule has 1 N–H and O–H groups in total. The number of benzene rings is 2. The molecule has 1 aliphatic rings. The Morgan fingerprint density at radius 2 is 1.71 bits per heavy atom. The first-order valence-corrected chi connectivity index (χ1v) is 11.0. The number of thioether (sulfide) groups is 1. The van der Waals surface area contributed by atoms with Gasteiger partial charge in [-0.1, -0.05) is 42.0 Å². The Morgan fingerprint density at radius 3 is 2.39 bits per heavy atom. The third-order valence-electron chi connectivity index (χ3n) is 5.20. The highest BCUT2D eigenvalue weighted by atomic mass is 32.2. The molecule has 0 bridgehead atoms. The van der Waals surface area contributed by atoms with E-state index in [0.717, 1.165) is 29.7 Å². The van der Waals surface area contributed by atoms with Crippen LogP contribution in [0.3, 0.4) is 0 Å².